The van der Waals surface area contributed by atoms with Crippen molar-refractivity contribution in [3.8, 4) is 6.07 Å². The molecule has 1 fully saturated rings. The normalized spacial score (nSPS) is 21.7. The highest BCUT2D eigenvalue weighted by molar-refractivity contribution is 7.44. The van der Waals surface area contributed by atoms with Gasteiger partial charge in [0.1, 0.15) is 12.3 Å². The van der Waals surface area contributed by atoms with Gasteiger partial charge >= 0.3 is 5.69 Å². The number of aryl methyl sites for hydroxylation is 1. The number of aromatic nitrogens is 2. The molecule has 0 spiro atoms. The van der Waals surface area contributed by atoms with E-state index >= 15 is 0 Å². The molecule has 37 heavy (non-hydrogen) atoms. The number of H-pyrrole nitrogens is 1. The first kappa shape index (κ1) is 31.8. The van der Waals surface area contributed by atoms with E-state index in [1.807, 2.05) is 0 Å². The van der Waals surface area contributed by atoms with Crippen LogP contribution in [0.1, 0.15) is 73.1 Å². The van der Waals surface area contributed by atoms with Gasteiger partial charge in [0.2, 0.25) is 0 Å². The van der Waals surface area contributed by atoms with Crippen molar-refractivity contribution in [2.24, 2.45) is 0 Å². The van der Waals surface area contributed by atoms with Crippen LogP contribution < -0.4 is 11.2 Å². The van der Waals surface area contributed by atoms with Crippen molar-refractivity contribution >= 4 is 16.8 Å². The van der Waals surface area contributed by atoms with Gasteiger partial charge in [0.15, 0.2) is 8.32 Å². The second-order valence-electron chi connectivity index (χ2n) is 11.6. The smallest absolute Gasteiger partial charge is 0.330 e. The third-order valence-corrected chi connectivity index (χ3v) is 13.5. The van der Waals surface area contributed by atoms with E-state index in [0.29, 0.717) is 12.0 Å². The number of nitriles is 1. The average Bonchev–Trinajstić information content (AvgIpc) is 3.14. The van der Waals surface area contributed by atoms with Crippen molar-refractivity contribution in [3.05, 3.63) is 32.6 Å². The molecular weight excluding hydrogens is 511 g/mol. The quantitative estimate of drug-likeness (QED) is 0.221. The predicted octanol–water partition coefficient (Wildman–Crippen LogP) is 4.82. The predicted molar refractivity (Wildman–Crippen MR) is 148 cm³/mol. The molecule has 1 unspecified atom stereocenters. The second kappa shape index (κ2) is 13.1. The molecule has 2 rings (SSSR count). The summed E-state index contributed by atoms with van der Waals surface area (Å²) < 4.78 is 29.1. The molecule has 1 aliphatic rings. The maximum atomic E-state index is 12.6. The zero-order chi connectivity index (χ0) is 28.1. The van der Waals surface area contributed by atoms with Gasteiger partial charge in [-0.3, -0.25) is 14.3 Å². The highest BCUT2D eigenvalue weighted by atomic mass is 31.2. The Labute approximate surface area is 223 Å². The molecular formula is C25H45N4O6PSi. The molecule has 2 heterocycles. The van der Waals surface area contributed by atoms with Crippen molar-refractivity contribution in [2.45, 2.75) is 117 Å². The summed E-state index contributed by atoms with van der Waals surface area (Å²) in [6.45, 7) is 21.4. The average molecular weight is 557 g/mol. The number of aromatic amines is 1. The lowest BCUT2D eigenvalue weighted by Crippen LogP contribution is -2.46. The van der Waals surface area contributed by atoms with Crippen LogP contribution in [0, 0.1) is 18.3 Å². The van der Waals surface area contributed by atoms with E-state index in [9.17, 15) is 9.59 Å². The van der Waals surface area contributed by atoms with E-state index < -0.39 is 40.4 Å². The van der Waals surface area contributed by atoms with Crippen molar-refractivity contribution in [3.63, 3.8) is 0 Å². The highest BCUT2D eigenvalue weighted by Crippen LogP contribution is 2.47. The van der Waals surface area contributed by atoms with Gasteiger partial charge in [0.05, 0.1) is 31.8 Å². The molecule has 0 saturated carbocycles. The van der Waals surface area contributed by atoms with Crippen LogP contribution >= 0.6 is 8.53 Å². The fourth-order valence-corrected chi connectivity index (χ4v) is 6.93. The molecule has 0 aliphatic carbocycles. The SMILES string of the molecule is Cc1cn([C@H]2C[C@H](O[Si](C)(C)C(C)(C)C)[C@@H](COP(OCCC#N)N(C(C)C)C(C)C)O2)c(=O)[nH]c1=O. The number of hydrogen-bond acceptors (Lipinski definition) is 8. The summed E-state index contributed by atoms with van der Waals surface area (Å²) in [6, 6.07) is 2.46. The first-order valence-corrected chi connectivity index (χ1v) is 17.0. The van der Waals surface area contributed by atoms with Crippen molar-refractivity contribution in [2.75, 3.05) is 13.2 Å². The van der Waals surface area contributed by atoms with Gasteiger partial charge < -0.3 is 18.2 Å². The number of nitrogens with zero attached hydrogens (tertiary/aromatic N) is 3. The zero-order valence-corrected chi connectivity index (χ0v) is 25.9. The molecule has 1 aliphatic heterocycles. The molecule has 1 aromatic rings. The van der Waals surface area contributed by atoms with Crippen LogP contribution in [0.15, 0.2) is 15.8 Å². The van der Waals surface area contributed by atoms with E-state index in [-0.39, 0.29) is 42.9 Å². The largest absolute Gasteiger partial charge is 0.411 e. The molecule has 0 aromatic carbocycles. The van der Waals surface area contributed by atoms with Gasteiger partial charge in [0.25, 0.3) is 14.1 Å². The summed E-state index contributed by atoms with van der Waals surface area (Å²) in [5, 5.41) is 8.97. The topological polar surface area (TPSA) is 119 Å². The van der Waals surface area contributed by atoms with Gasteiger partial charge in [0, 0.05) is 30.3 Å². The fourth-order valence-electron chi connectivity index (χ4n) is 3.95. The summed E-state index contributed by atoms with van der Waals surface area (Å²) in [7, 11) is -3.62. The van der Waals surface area contributed by atoms with Crippen LogP contribution in [-0.4, -0.2) is 60.0 Å². The lowest BCUT2D eigenvalue weighted by Gasteiger charge is -2.40. The summed E-state index contributed by atoms with van der Waals surface area (Å²) >= 11 is 0. The van der Waals surface area contributed by atoms with Crippen molar-refractivity contribution < 1.29 is 18.2 Å². The molecule has 210 valence electrons. The third-order valence-electron chi connectivity index (χ3n) is 6.90. The maximum absolute atomic E-state index is 12.6. The Bertz CT molecular complexity index is 1040. The molecule has 0 bridgehead atoms. The Morgan fingerprint density at radius 3 is 2.41 bits per heavy atom. The van der Waals surface area contributed by atoms with E-state index in [1.54, 1.807) is 6.92 Å². The Morgan fingerprint density at radius 2 is 1.86 bits per heavy atom. The number of nitrogens with one attached hydrogen (secondary N) is 1. The van der Waals surface area contributed by atoms with Gasteiger partial charge in [-0.1, -0.05) is 20.8 Å². The first-order chi connectivity index (χ1) is 17.1. The third kappa shape index (κ3) is 8.30. The van der Waals surface area contributed by atoms with Crippen LogP contribution in [0.3, 0.4) is 0 Å². The number of rotatable bonds is 12. The molecule has 0 radical (unpaired) electrons. The zero-order valence-electron chi connectivity index (χ0n) is 24.0. The Hall–Kier alpha value is -1.38. The fraction of sp³-hybridized carbons (Fsp3) is 0.800. The van der Waals surface area contributed by atoms with Gasteiger partial charge in [-0.25, -0.2) is 9.46 Å². The highest BCUT2D eigenvalue weighted by Gasteiger charge is 2.46. The Balaban J connectivity index is 2.33. The van der Waals surface area contributed by atoms with Crippen LogP contribution in [-0.2, 0) is 18.2 Å². The summed E-state index contributed by atoms with van der Waals surface area (Å²) in [4.78, 5) is 26.9. The van der Waals surface area contributed by atoms with Crippen molar-refractivity contribution in [1.82, 2.24) is 14.2 Å². The summed E-state index contributed by atoms with van der Waals surface area (Å²) in [6.07, 6.45) is 0.937. The van der Waals surface area contributed by atoms with Crippen LogP contribution in [0.2, 0.25) is 18.1 Å². The molecule has 10 nitrogen and oxygen atoms in total. The lowest BCUT2D eigenvalue weighted by molar-refractivity contribution is -0.0414. The van der Waals surface area contributed by atoms with E-state index in [1.165, 1.54) is 10.8 Å². The number of ether oxygens (including phenoxy) is 1. The first-order valence-electron chi connectivity index (χ1n) is 13.0. The molecule has 1 aromatic heterocycles. The number of hydrogen-bond donors (Lipinski definition) is 1. The molecule has 12 heteroatoms. The monoisotopic (exact) mass is 556 g/mol. The summed E-state index contributed by atoms with van der Waals surface area (Å²) in [5.41, 5.74) is -0.486. The minimum absolute atomic E-state index is 0.0129. The standard InChI is InChI=1S/C25H45N4O6PSi/c1-17(2)29(18(3)4)36(32-13-11-12-26)33-16-21-20(35-37(9,10)25(6,7)8)14-22(34-21)28-15-19(5)23(30)27-24(28)31/h15,17-18,20-22H,11,13-14,16H2,1-10H3,(H,27,30,31)/t20-,21+,22+,36?/m0/s1. The maximum Gasteiger partial charge on any atom is 0.330 e. The van der Waals surface area contributed by atoms with Gasteiger partial charge in [-0.2, -0.15) is 5.26 Å². The van der Waals surface area contributed by atoms with Crippen LogP contribution in [0.5, 0.6) is 0 Å². The van der Waals surface area contributed by atoms with E-state index in [0.717, 1.165) is 0 Å². The molecule has 0 amide bonds. The summed E-state index contributed by atoms with van der Waals surface area (Å²) in [5.74, 6) is 0. The lowest BCUT2D eigenvalue weighted by atomic mass is 10.2. The Morgan fingerprint density at radius 1 is 1.24 bits per heavy atom. The minimum atomic E-state index is -2.17. The van der Waals surface area contributed by atoms with E-state index in [4.69, 9.17) is 23.5 Å². The molecule has 1 saturated heterocycles. The van der Waals surface area contributed by atoms with Gasteiger partial charge in [-0.05, 0) is 52.8 Å². The van der Waals surface area contributed by atoms with E-state index in [2.05, 4.69) is 77.3 Å². The molecule has 4 atom stereocenters. The molecule has 1 N–H and O–H groups in total. The van der Waals surface area contributed by atoms with Gasteiger partial charge in [-0.15, -0.1) is 0 Å². The van der Waals surface area contributed by atoms with Crippen molar-refractivity contribution in [1.29, 1.82) is 5.26 Å². The second-order valence-corrected chi connectivity index (χ2v) is 17.8. The van der Waals surface area contributed by atoms with Crippen LogP contribution in [0.4, 0.5) is 0 Å². The van der Waals surface area contributed by atoms with Crippen LogP contribution in [0.25, 0.3) is 0 Å². The minimum Gasteiger partial charge on any atom is -0.411 e. The Kier molecular flexibility index (Phi) is 11.3.